The molecule has 0 aromatic rings. The summed E-state index contributed by atoms with van der Waals surface area (Å²) in [6.45, 7) is 5.84. The smallest absolute Gasteiger partial charge is 0.0780 e. The van der Waals surface area contributed by atoms with Crippen molar-refractivity contribution in [1.29, 1.82) is 0 Å². The van der Waals surface area contributed by atoms with E-state index in [9.17, 15) is 0 Å². The SMILES string of the molecule is CCNCCCCCCCCCCCC[N+](C)(C)C. The van der Waals surface area contributed by atoms with Gasteiger partial charge in [0.15, 0.2) is 0 Å². The fourth-order valence-corrected chi connectivity index (χ4v) is 2.43. The number of quaternary nitrogens is 1. The number of hydrogen-bond acceptors (Lipinski definition) is 1. The molecule has 0 aliphatic carbocycles. The second kappa shape index (κ2) is 12.9. The predicted octanol–water partition coefficient (Wildman–Crippen LogP) is 4.20. The molecule has 116 valence electrons. The third kappa shape index (κ3) is 17.9. The summed E-state index contributed by atoms with van der Waals surface area (Å²) < 4.78 is 1.12. The Morgan fingerprint density at radius 3 is 1.47 bits per heavy atom. The summed E-state index contributed by atoms with van der Waals surface area (Å²) in [4.78, 5) is 0. The maximum Gasteiger partial charge on any atom is 0.0780 e. The number of nitrogens with zero attached hydrogens (tertiary/aromatic N) is 1. The van der Waals surface area contributed by atoms with Crippen molar-refractivity contribution >= 4 is 0 Å². The molecule has 0 saturated heterocycles. The van der Waals surface area contributed by atoms with Crippen molar-refractivity contribution in [3.8, 4) is 0 Å². The molecule has 0 aromatic carbocycles. The minimum absolute atomic E-state index is 1.12. The van der Waals surface area contributed by atoms with Gasteiger partial charge in [-0.15, -0.1) is 0 Å². The van der Waals surface area contributed by atoms with E-state index in [1.807, 2.05) is 0 Å². The van der Waals surface area contributed by atoms with Gasteiger partial charge in [-0.25, -0.2) is 0 Å². The van der Waals surface area contributed by atoms with E-state index in [1.54, 1.807) is 0 Å². The molecule has 0 fully saturated rings. The number of rotatable bonds is 14. The quantitative estimate of drug-likeness (QED) is 0.369. The van der Waals surface area contributed by atoms with E-state index >= 15 is 0 Å². The fourth-order valence-electron chi connectivity index (χ4n) is 2.43. The van der Waals surface area contributed by atoms with Crippen molar-refractivity contribution in [2.45, 2.75) is 71.1 Å². The maximum atomic E-state index is 3.39. The highest BCUT2D eigenvalue weighted by atomic mass is 15.3. The van der Waals surface area contributed by atoms with E-state index < -0.39 is 0 Å². The Kier molecular flexibility index (Phi) is 12.9. The second-order valence-corrected chi connectivity index (χ2v) is 6.90. The molecule has 0 atom stereocenters. The molecule has 0 aromatic heterocycles. The molecule has 0 heterocycles. The lowest BCUT2D eigenvalue weighted by Crippen LogP contribution is -2.35. The van der Waals surface area contributed by atoms with Gasteiger partial charge < -0.3 is 9.80 Å². The first-order valence-corrected chi connectivity index (χ1v) is 8.57. The van der Waals surface area contributed by atoms with Gasteiger partial charge in [0, 0.05) is 0 Å². The first kappa shape index (κ1) is 18.9. The molecular formula is C17H39N2+. The summed E-state index contributed by atoms with van der Waals surface area (Å²) in [5.41, 5.74) is 0. The number of nitrogens with one attached hydrogen (secondary N) is 1. The van der Waals surface area contributed by atoms with Crippen LogP contribution in [0.15, 0.2) is 0 Å². The summed E-state index contributed by atoms with van der Waals surface area (Å²) in [7, 11) is 6.86. The monoisotopic (exact) mass is 271 g/mol. The van der Waals surface area contributed by atoms with Gasteiger partial charge in [-0.1, -0.05) is 51.9 Å². The molecule has 0 unspecified atom stereocenters. The molecule has 0 bridgehead atoms. The van der Waals surface area contributed by atoms with Crippen molar-refractivity contribution in [3.63, 3.8) is 0 Å². The standard InChI is InChI=1S/C17H39N2/c1-5-18-16-14-12-10-8-6-7-9-11-13-15-17-19(2,3)4/h18H,5-17H2,1-4H3/q+1. The van der Waals surface area contributed by atoms with Crippen molar-refractivity contribution in [2.24, 2.45) is 0 Å². The van der Waals surface area contributed by atoms with Crippen molar-refractivity contribution in [2.75, 3.05) is 40.8 Å². The highest BCUT2D eigenvalue weighted by Gasteiger charge is 2.04. The average molecular weight is 272 g/mol. The van der Waals surface area contributed by atoms with Crippen LogP contribution in [-0.2, 0) is 0 Å². The van der Waals surface area contributed by atoms with Gasteiger partial charge in [0.1, 0.15) is 0 Å². The highest BCUT2D eigenvalue weighted by molar-refractivity contribution is 4.49. The predicted molar refractivity (Wildman–Crippen MR) is 87.6 cm³/mol. The zero-order valence-corrected chi connectivity index (χ0v) is 14.1. The number of unbranched alkanes of at least 4 members (excludes halogenated alkanes) is 9. The van der Waals surface area contributed by atoms with Crippen LogP contribution in [-0.4, -0.2) is 45.3 Å². The van der Waals surface area contributed by atoms with Gasteiger partial charge in [0.05, 0.1) is 27.7 Å². The molecule has 0 aliphatic rings. The van der Waals surface area contributed by atoms with Crippen LogP contribution in [0.3, 0.4) is 0 Å². The summed E-state index contributed by atoms with van der Waals surface area (Å²) in [6, 6.07) is 0. The average Bonchev–Trinajstić information content (AvgIpc) is 2.34. The van der Waals surface area contributed by atoms with Gasteiger partial charge in [-0.3, -0.25) is 0 Å². The minimum Gasteiger partial charge on any atom is -0.331 e. The van der Waals surface area contributed by atoms with Crippen molar-refractivity contribution in [3.05, 3.63) is 0 Å². The molecule has 0 saturated carbocycles. The molecule has 0 amide bonds. The lowest BCUT2D eigenvalue weighted by molar-refractivity contribution is -0.870. The Hall–Kier alpha value is -0.0800. The normalized spacial score (nSPS) is 12.0. The third-order valence-corrected chi connectivity index (χ3v) is 3.68. The summed E-state index contributed by atoms with van der Waals surface area (Å²) in [5.74, 6) is 0. The second-order valence-electron chi connectivity index (χ2n) is 6.90. The lowest BCUT2D eigenvalue weighted by atomic mass is 10.1. The molecule has 0 aliphatic heterocycles. The topological polar surface area (TPSA) is 12.0 Å². The van der Waals surface area contributed by atoms with Crippen LogP contribution in [0.2, 0.25) is 0 Å². The summed E-state index contributed by atoms with van der Waals surface area (Å²) in [5, 5.41) is 3.39. The van der Waals surface area contributed by atoms with E-state index in [0.717, 1.165) is 11.0 Å². The van der Waals surface area contributed by atoms with Crippen LogP contribution in [0.25, 0.3) is 0 Å². The van der Waals surface area contributed by atoms with Crippen molar-refractivity contribution in [1.82, 2.24) is 5.32 Å². The molecule has 19 heavy (non-hydrogen) atoms. The van der Waals surface area contributed by atoms with Crippen LogP contribution in [0, 0.1) is 0 Å². The zero-order valence-electron chi connectivity index (χ0n) is 14.1. The zero-order chi connectivity index (χ0) is 14.4. The van der Waals surface area contributed by atoms with Crippen LogP contribution >= 0.6 is 0 Å². The van der Waals surface area contributed by atoms with E-state index in [4.69, 9.17) is 0 Å². The molecule has 2 nitrogen and oxygen atoms in total. The molecule has 0 radical (unpaired) electrons. The molecule has 2 heteroatoms. The molecular weight excluding hydrogens is 232 g/mol. The van der Waals surface area contributed by atoms with Gasteiger partial charge >= 0.3 is 0 Å². The van der Waals surface area contributed by atoms with E-state index in [2.05, 4.69) is 33.4 Å². The summed E-state index contributed by atoms with van der Waals surface area (Å²) >= 11 is 0. The van der Waals surface area contributed by atoms with Crippen molar-refractivity contribution < 1.29 is 4.48 Å². The Bertz CT molecular complexity index is 173. The first-order chi connectivity index (χ1) is 9.06. The molecule has 0 rings (SSSR count). The van der Waals surface area contributed by atoms with Gasteiger partial charge in [0.2, 0.25) is 0 Å². The van der Waals surface area contributed by atoms with E-state index in [0.29, 0.717) is 0 Å². The Balaban J connectivity index is 2.99. The van der Waals surface area contributed by atoms with Gasteiger partial charge in [0.25, 0.3) is 0 Å². The fraction of sp³-hybridized carbons (Fsp3) is 1.00. The van der Waals surface area contributed by atoms with Crippen LogP contribution in [0.5, 0.6) is 0 Å². The summed E-state index contributed by atoms with van der Waals surface area (Å²) in [6.07, 6.45) is 14.3. The Labute approximate surface area is 122 Å². The minimum atomic E-state index is 1.12. The lowest BCUT2D eigenvalue weighted by Gasteiger charge is -2.23. The Morgan fingerprint density at radius 2 is 1.05 bits per heavy atom. The third-order valence-electron chi connectivity index (χ3n) is 3.68. The highest BCUT2D eigenvalue weighted by Crippen LogP contribution is 2.11. The molecule has 0 spiro atoms. The van der Waals surface area contributed by atoms with Gasteiger partial charge in [-0.05, 0) is 32.4 Å². The maximum absolute atomic E-state index is 3.39. The number of hydrogen-bond donors (Lipinski definition) is 1. The first-order valence-electron chi connectivity index (χ1n) is 8.57. The molecule has 1 N–H and O–H groups in total. The largest absolute Gasteiger partial charge is 0.331 e. The van der Waals surface area contributed by atoms with Crippen LogP contribution in [0.4, 0.5) is 0 Å². The van der Waals surface area contributed by atoms with E-state index in [1.165, 1.54) is 77.3 Å². The van der Waals surface area contributed by atoms with E-state index in [-0.39, 0.29) is 0 Å². The van der Waals surface area contributed by atoms with Crippen LogP contribution < -0.4 is 5.32 Å². The van der Waals surface area contributed by atoms with Crippen LogP contribution in [0.1, 0.15) is 71.1 Å². The van der Waals surface area contributed by atoms with Gasteiger partial charge in [-0.2, -0.15) is 0 Å². The Morgan fingerprint density at radius 1 is 0.632 bits per heavy atom.